The number of ether oxygens (including phenoxy) is 1. The van der Waals surface area contributed by atoms with Crippen molar-refractivity contribution >= 4 is 17.7 Å². The highest BCUT2D eigenvalue weighted by molar-refractivity contribution is 5.80. The van der Waals surface area contributed by atoms with E-state index in [4.69, 9.17) is 9.72 Å². The first-order valence-corrected chi connectivity index (χ1v) is 9.74. The number of rotatable bonds is 8. The van der Waals surface area contributed by atoms with E-state index in [0.717, 1.165) is 44.6 Å². The third-order valence-corrected chi connectivity index (χ3v) is 5.33. The van der Waals surface area contributed by atoms with Crippen LogP contribution in [0.15, 0.2) is 18.2 Å². The molecule has 26 heavy (non-hydrogen) atoms. The smallest absolute Gasteiger partial charge is 0.306 e. The molecule has 1 saturated heterocycles. The van der Waals surface area contributed by atoms with Gasteiger partial charge in [-0.2, -0.15) is 0 Å². The van der Waals surface area contributed by atoms with Gasteiger partial charge in [0.15, 0.2) is 6.61 Å². The molecule has 2 aliphatic rings. The Morgan fingerprint density at radius 2 is 2.00 bits per heavy atom. The first kappa shape index (κ1) is 18.7. The molecule has 6 nitrogen and oxygen atoms in total. The van der Waals surface area contributed by atoms with Crippen LogP contribution >= 0.6 is 0 Å². The van der Waals surface area contributed by atoms with Crippen molar-refractivity contribution in [3.63, 3.8) is 0 Å². The largest absolute Gasteiger partial charge is 0.456 e. The molecule has 2 fully saturated rings. The molecule has 0 aromatic carbocycles. The van der Waals surface area contributed by atoms with Crippen LogP contribution in [0.2, 0.25) is 0 Å². The topological polar surface area (TPSA) is 71.5 Å². The van der Waals surface area contributed by atoms with Crippen LogP contribution in [-0.4, -0.2) is 43.6 Å². The molecule has 0 spiro atoms. The van der Waals surface area contributed by atoms with Crippen molar-refractivity contribution in [2.75, 3.05) is 31.6 Å². The average Bonchev–Trinajstić information content (AvgIpc) is 3.52. The summed E-state index contributed by atoms with van der Waals surface area (Å²) in [7, 11) is 1.53. The number of carbonyl (C=O) groups is 2. The summed E-state index contributed by atoms with van der Waals surface area (Å²) in [4.78, 5) is 29.9. The zero-order valence-corrected chi connectivity index (χ0v) is 15.6. The Kier molecular flexibility index (Phi) is 6.47. The number of hydrogen-bond acceptors (Lipinski definition) is 5. The summed E-state index contributed by atoms with van der Waals surface area (Å²) in [6.07, 6.45) is 7.10. The van der Waals surface area contributed by atoms with Crippen LogP contribution in [0.4, 0.5) is 5.82 Å². The maximum absolute atomic E-state index is 11.6. The fraction of sp³-hybridized carbons (Fsp3) is 0.650. The summed E-state index contributed by atoms with van der Waals surface area (Å²) in [5.74, 6) is 1.91. The first-order chi connectivity index (χ1) is 12.7. The van der Waals surface area contributed by atoms with E-state index in [0.29, 0.717) is 18.3 Å². The standard InChI is InChI=1S/C20H29N3O3/c1-21-19(24)14-26-20(25)7-2-4-15-10-12-23(13-11-15)18-6-3-5-17(22-18)16-8-9-16/h3,5-6,15-16H,2,4,7-14H2,1H3,(H,21,24). The molecule has 1 N–H and O–H groups in total. The monoisotopic (exact) mass is 359 g/mol. The molecule has 1 aliphatic heterocycles. The third kappa shape index (κ3) is 5.44. The molecule has 3 rings (SSSR count). The minimum atomic E-state index is -0.285. The fourth-order valence-electron chi connectivity index (χ4n) is 3.50. The molecular weight excluding hydrogens is 330 g/mol. The lowest BCUT2D eigenvalue weighted by Crippen LogP contribution is -2.34. The van der Waals surface area contributed by atoms with Gasteiger partial charge in [0.05, 0.1) is 0 Å². The number of aromatic nitrogens is 1. The van der Waals surface area contributed by atoms with Crippen molar-refractivity contribution in [3.05, 3.63) is 23.9 Å². The molecule has 1 aromatic rings. The number of anilines is 1. The predicted octanol–water partition coefficient (Wildman–Crippen LogP) is 2.63. The van der Waals surface area contributed by atoms with Crippen LogP contribution in [-0.2, 0) is 14.3 Å². The molecule has 2 heterocycles. The quantitative estimate of drug-likeness (QED) is 0.723. The van der Waals surface area contributed by atoms with Crippen molar-refractivity contribution in [3.8, 4) is 0 Å². The molecule has 1 aromatic heterocycles. The summed E-state index contributed by atoms with van der Waals surface area (Å²) in [5.41, 5.74) is 1.25. The molecule has 142 valence electrons. The predicted molar refractivity (Wildman–Crippen MR) is 100 cm³/mol. The zero-order valence-electron chi connectivity index (χ0n) is 15.6. The second-order valence-corrected chi connectivity index (χ2v) is 7.35. The summed E-state index contributed by atoms with van der Waals surface area (Å²) in [6.45, 7) is 1.89. The van der Waals surface area contributed by atoms with Gasteiger partial charge in [0.2, 0.25) is 0 Å². The van der Waals surface area contributed by atoms with Crippen LogP contribution in [0.3, 0.4) is 0 Å². The van der Waals surface area contributed by atoms with Gasteiger partial charge in [-0.3, -0.25) is 9.59 Å². The summed E-state index contributed by atoms with van der Waals surface area (Å²) in [6, 6.07) is 6.40. The van der Waals surface area contributed by atoms with E-state index < -0.39 is 0 Å². The van der Waals surface area contributed by atoms with Crippen LogP contribution in [0.5, 0.6) is 0 Å². The van der Waals surface area contributed by atoms with E-state index >= 15 is 0 Å². The summed E-state index contributed by atoms with van der Waals surface area (Å²) >= 11 is 0. The maximum atomic E-state index is 11.6. The zero-order chi connectivity index (χ0) is 18.4. The average molecular weight is 359 g/mol. The van der Waals surface area contributed by atoms with E-state index in [2.05, 4.69) is 28.4 Å². The van der Waals surface area contributed by atoms with E-state index in [1.807, 2.05) is 0 Å². The van der Waals surface area contributed by atoms with Gasteiger partial charge in [-0.25, -0.2) is 4.98 Å². The van der Waals surface area contributed by atoms with Gasteiger partial charge in [-0.15, -0.1) is 0 Å². The normalized spacial score (nSPS) is 17.8. The highest BCUT2D eigenvalue weighted by Gasteiger charge is 2.26. The Bertz CT molecular complexity index is 622. The lowest BCUT2D eigenvalue weighted by atomic mass is 9.91. The van der Waals surface area contributed by atoms with Crippen LogP contribution in [0, 0.1) is 5.92 Å². The molecule has 0 radical (unpaired) electrons. The second-order valence-electron chi connectivity index (χ2n) is 7.35. The molecule has 0 bridgehead atoms. The van der Waals surface area contributed by atoms with Crippen molar-refractivity contribution < 1.29 is 14.3 Å². The Morgan fingerprint density at radius 1 is 1.23 bits per heavy atom. The van der Waals surface area contributed by atoms with Gasteiger partial charge in [-0.1, -0.05) is 6.07 Å². The number of piperidine rings is 1. The number of amides is 1. The Labute approximate surface area is 155 Å². The van der Waals surface area contributed by atoms with Gasteiger partial charge in [0.1, 0.15) is 5.82 Å². The molecule has 1 aliphatic carbocycles. The van der Waals surface area contributed by atoms with Crippen molar-refractivity contribution in [2.24, 2.45) is 5.92 Å². The fourth-order valence-corrected chi connectivity index (χ4v) is 3.50. The molecule has 1 amide bonds. The number of hydrogen-bond donors (Lipinski definition) is 1. The van der Waals surface area contributed by atoms with Crippen LogP contribution in [0.25, 0.3) is 0 Å². The lowest BCUT2D eigenvalue weighted by Gasteiger charge is -2.33. The maximum Gasteiger partial charge on any atom is 0.306 e. The van der Waals surface area contributed by atoms with Crippen molar-refractivity contribution in [1.29, 1.82) is 0 Å². The van der Waals surface area contributed by atoms with Crippen molar-refractivity contribution in [2.45, 2.75) is 50.9 Å². The van der Waals surface area contributed by atoms with Gasteiger partial charge in [0, 0.05) is 38.2 Å². The first-order valence-electron chi connectivity index (χ1n) is 9.74. The van der Waals surface area contributed by atoms with E-state index in [1.54, 1.807) is 0 Å². The van der Waals surface area contributed by atoms with Gasteiger partial charge in [-0.05, 0) is 56.6 Å². The number of likely N-dealkylation sites (N-methyl/N-ethyl adjacent to an activating group) is 1. The molecule has 0 atom stereocenters. The van der Waals surface area contributed by atoms with Gasteiger partial charge in [0.25, 0.3) is 5.91 Å². The minimum absolute atomic E-state index is 0.180. The second kappa shape index (κ2) is 9.01. The molecule has 0 unspecified atom stereocenters. The third-order valence-electron chi connectivity index (χ3n) is 5.33. The van der Waals surface area contributed by atoms with E-state index in [1.165, 1.54) is 25.6 Å². The van der Waals surface area contributed by atoms with Gasteiger partial charge < -0.3 is 15.0 Å². The number of pyridine rings is 1. The number of nitrogens with zero attached hydrogens (tertiary/aromatic N) is 2. The number of carbonyl (C=O) groups excluding carboxylic acids is 2. The highest BCUT2D eigenvalue weighted by atomic mass is 16.5. The van der Waals surface area contributed by atoms with Crippen LogP contribution < -0.4 is 10.2 Å². The van der Waals surface area contributed by atoms with E-state index in [-0.39, 0.29) is 18.5 Å². The Hall–Kier alpha value is -2.11. The van der Waals surface area contributed by atoms with Crippen LogP contribution in [0.1, 0.15) is 56.6 Å². The summed E-state index contributed by atoms with van der Waals surface area (Å²) < 4.78 is 4.93. The SMILES string of the molecule is CNC(=O)COC(=O)CCCC1CCN(c2cccc(C3CC3)n2)CC1. The Balaban J connectivity index is 1.34. The number of nitrogens with one attached hydrogen (secondary N) is 1. The van der Waals surface area contributed by atoms with E-state index in [9.17, 15) is 9.59 Å². The minimum Gasteiger partial charge on any atom is -0.456 e. The van der Waals surface area contributed by atoms with Gasteiger partial charge >= 0.3 is 5.97 Å². The van der Waals surface area contributed by atoms with Crippen molar-refractivity contribution in [1.82, 2.24) is 10.3 Å². The number of esters is 1. The molecule has 6 heteroatoms. The molecule has 1 saturated carbocycles. The lowest BCUT2D eigenvalue weighted by molar-refractivity contribution is -0.148. The Morgan fingerprint density at radius 3 is 2.69 bits per heavy atom. The highest BCUT2D eigenvalue weighted by Crippen LogP contribution is 2.39. The molecular formula is C20H29N3O3. The summed E-state index contributed by atoms with van der Waals surface area (Å²) in [5, 5.41) is 2.43.